The van der Waals surface area contributed by atoms with Gasteiger partial charge in [-0.05, 0) is 37.0 Å². The molecule has 0 bridgehead atoms. The lowest BCUT2D eigenvalue weighted by Gasteiger charge is -2.35. The summed E-state index contributed by atoms with van der Waals surface area (Å²) in [6, 6.07) is 8.01. The van der Waals surface area contributed by atoms with Crippen molar-refractivity contribution >= 4 is 11.7 Å². The average Bonchev–Trinajstić information content (AvgIpc) is 2.37. The molecule has 1 N–H and O–H groups in total. The number of ether oxygens (including phenoxy) is 1. The largest absolute Gasteiger partial charge is 0.372 e. The van der Waals surface area contributed by atoms with Gasteiger partial charge in [0.25, 0.3) is 0 Å². The molecule has 21 heavy (non-hydrogen) atoms. The van der Waals surface area contributed by atoms with E-state index in [1.165, 1.54) is 5.56 Å². The third-order valence-corrected chi connectivity index (χ3v) is 3.71. The molecule has 2 unspecified atom stereocenters. The van der Waals surface area contributed by atoms with Gasteiger partial charge in [-0.1, -0.05) is 32.9 Å². The number of rotatable bonds is 1. The van der Waals surface area contributed by atoms with Crippen molar-refractivity contribution in [3.8, 4) is 0 Å². The first kappa shape index (κ1) is 15.8. The zero-order valence-electron chi connectivity index (χ0n) is 13.6. The lowest BCUT2D eigenvalue weighted by Crippen LogP contribution is -2.49. The molecule has 0 spiro atoms. The summed E-state index contributed by atoms with van der Waals surface area (Å²) >= 11 is 0. The van der Waals surface area contributed by atoms with Gasteiger partial charge in [0.1, 0.15) is 0 Å². The van der Waals surface area contributed by atoms with E-state index in [1.807, 2.05) is 30.9 Å². The van der Waals surface area contributed by atoms with Crippen LogP contribution in [0, 0.1) is 0 Å². The predicted octanol–water partition coefficient (Wildman–Crippen LogP) is 3.63. The van der Waals surface area contributed by atoms with Crippen molar-refractivity contribution < 1.29 is 9.53 Å². The van der Waals surface area contributed by atoms with Crippen molar-refractivity contribution in [2.24, 2.45) is 0 Å². The van der Waals surface area contributed by atoms with Crippen LogP contribution in [0.15, 0.2) is 24.3 Å². The molecule has 0 saturated carbocycles. The van der Waals surface area contributed by atoms with Gasteiger partial charge < -0.3 is 15.0 Å². The van der Waals surface area contributed by atoms with Crippen LogP contribution in [0.5, 0.6) is 0 Å². The maximum atomic E-state index is 12.3. The quantitative estimate of drug-likeness (QED) is 0.858. The minimum Gasteiger partial charge on any atom is -0.372 e. The molecule has 1 saturated heterocycles. The Morgan fingerprint density at radius 2 is 1.67 bits per heavy atom. The van der Waals surface area contributed by atoms with Crippen molar-refractivity contribution in [3.63, 3.8) is 0 Å². The van der Waals surface area contributed by atoms with Crippen LogP contribution in [0.2, 0.25) is 0 Å². The normalized spacial score (nSPS) is 23.0. The molecule has 116 valence electrons. The molecular formula is C17H26N2O2. The predicted molar refractivity (Wildman–Crippen MR) is 85.7 cm³/mol. The summed E-state index contributed by atoms with van der Waals surface area (Å²) in [5, 5.41) is 2.96. The summed E-state index contributed by atoms with van der Waals surface area (Å²) in [5.41, 5.74) is 2.21. The van der Waals surface area contributed by atoms with E-state index in [1.54, 1.807) is 0 Å². The van der Waals surface area contributed by atoms with Gasteiger partial charge in [0.05, 0.1) is 12.2 Å². The Morgan fingerprint density at radius 1 is 1.14 bits per heavy atom. The molecule has 0 radical (unpaired) electrons. The van der Waals surface area contributed by atoms with Gasteiger partial charge >= 0.3 is 6.03 Å². The van der Waals surface area contributed by atoms with Gasteiger partial charge in [0, 0.05) is 18.8 Å². The van der Waals surface area contributed by atoms with Crippen molar-refractivity contribution in [3.05, 3.63) is 29.8 Å². The van der Waals surface area contributed by atoms with E-state index in [9.17, 15) is 4.79 Å². The smallest absolute Gasteiger partial charge is 0.322 e. The van der Waals surface area contributed by atoms with Crippen molar-refractivity contribution in [2.75, 3.05) is 18.4 Å². The molecule has 0 aromatic heterocycles. The number of anilines is 1. The van der Waals surface area contributed by atoms with Crippen LogP contribution in [0.25, 0.3) is 0 Å². The first-order valence-electron chi connectivity index (χ1n) is 7.57. The lowest BCUT2D eigenvalue weighted by atomic mass is 9.87. The number of amides is 2. The molecule has 1 aromatic carbocycles. The second kappa shape index (κ2) is 6.06. The number of nitrogens with zero attached hydrogens (tertiary/aromatic N) is 1. The monoisotopic (exact) mass is 290 g/mol. The Bertz CT molecular complexity index is 481. The fourth-order valence-corrected chi connectivity index (χ4v) is 2.60. The van der Waals surface area contributed by atoms with Gasteiger partial charge in [-0.25, -0.2) is 4.79 Å². The van der Waals surface area contributed by atoms with E-state index < -0.39 is 0 Å². The molecule has 4 heteroatoms. The van der Waals surface area contributed by atoms with Crippen LogP contribution in [-0.2, 0) is 10.2 Å². The first-order valence-corrected chi connectivity index (χ1v) is 7.57. The fraction of sp³-hybridized carbons (Fsp3) is 0.588. The van der Waals surface area contributed by atoms with E-state index in [-0.39, 0.29) is 23.7 Å². The summed E-state index contributed by atoms with van der Waals surface area (Å²) in [7, 11) is 0. The van der Waals surface area contributed by atoms with E-state index in [0.29, 0.717) is 13.1 Å². The Hall–Kier alpha value is -1.55. The average molecular weight is 290 g/mol. The highest BCUT2D eigenvalue weighted by molar-refractivity contribution is 5.89. The van der Waals surface area contributed by atoms with Crippen LogP contribution in [0.4, 0.5) is 10.5 Å². The molecule has 2 rings (SSSR count). The number of urea groups is 1. The van der Waals surface area contributed by atoms with Gasteiger partial charge in [-0.2, -0.15) is 0 Å². The van der Waals surface area contributed by atoms with Gasteiger partial charge in [0.2, 0.25) is 0 Å². The van der Waals surface area contributed by atoms with E-state index in [2.05, 4.69) is 38.2 Å². The van der Waals surface area contributed by atoms with E-state index in [0.717, 1.165) is 5.69 Å². The minimum absolute atomic E-state index is 0.0551. The molecule has 2 amide bonds. The Balaban J connectivity index is 1.99. The Labute approximate surface area is 127 Å². The molecular weight excluding hydrogens is 264 g/mol. The zero-order valence-corrected chi connectivity index (χ0v) is 13.6. The lowest BCUT2D eigenvalue weighted by molar-refractivity contribution is -0.0530. The summed E-state index contributed by atoms with van der Waals surface area (Å²) in [5.74, 6) is 0. The molecule has 0 aliphatic carbocycles. The number of benzene rings is 1. The number of hydrogen-bond acceptors (Lipinski definition) is 2. The van der Waals surface area contributed by atoms with Crippen LogP contribution < -0.4 is 5.32 Å². The van der Waals surface area contributed by atoms with Crippen molar-refractivity contribution in [2.45, 2.75) is 52.2 Å². The van der Waals surface area contributed by atoms with Crippen molar-refractivity contribution in [1.82, 2.24) is 4.90 Å². The summed E-state index contributed by atoms with van der Waals surface area (Å²) in [6.07, 6.45) is 0.172. The van der Waals surface area contributed by atoms with Crippen molar-refractivity contribution in [1.29, 1.82) is 0 Å². The topological polar surface area (TPSA) is 41.6 Å². The number of nitrogens with one attached hydrogen (secondary N) is 1. The summed E-state index contributed by atoms with van der Waals surface area (Å²) < 4.78 is 5.65. The number of carbonyl (C=O) groups excluding carboxylic acids is 1. The highest BCUT2D eigenvalue weighted by Crippen LogP contribution is 2.23. The SMILES string of the molecule is CC1CN(C(=O)Nc2ccc(C(C)(C)C)cc2)CC(C)O1. The van der Waals surface area contributed by atoms with Gasteiger partial charge in [0.15, 0.2) is 0 Å². The molecule has 1 fully saturated rings. The van der Waals surface area contributed by atoms with Crippen LogP contribution in [-0.4, -0.2) is 36.2 Å². The van der Waals surface area contributed by atoms with E-state index in [4.69, 9.17) is 4.74 Å². The minimum atomic E-state index is -0.0551. The standard InChI is InChI=1S/C17H26N2O2/c1-12-10-19(11-13(2)21-12)16(20)18-15-8-6-14(7-9-15)17(3,4)5/h6-9,12-13H,10-11H2,1-5H3,(H,18,20). The van der Waals surface area contributed by atoms with Crippen LogP contribution in [0.1, 0.15) is 40.2 Å². The molecule has 1 aliphatic heterocycles. The van der Waals surface area contributed by atoms with E-state index >= 15 is 0 Å². The number of carbonyl (C=O) groups is 1. The Kier molecular flexibility index (Phi) is 4.57. The first-order chi connectivity index (χ1) is 9.75. The Morgan fingerprint density at radius 3 is 2.14 bits per heavy atom. The third-order valence-electron chi connectivity index (χ3n) is 3.71. The second-order valence-corrected chi connectivity index (χ2v) is 6.92. The number of morpholine rings is 1. The molecule has 1 aromatic rings. The molecule has 4 nitrogen and oxygen atoms in total. The summed E-state index contributed by atoms with van der Waals surface area (Å²) in [4.78, 5) is 14.1. The number of hydrogen-bond donors (Lipinski definition) is 1. The zero-order chi connectivity index (χ0) is 15.6. The third kappa shape index (κ3) is 4.21. The fourth-order valence-electron chi connectivity index (χ4n) is 2.60. The maximum absolute atomic E-state index is 12.3. The van der Waals surface area contributed by atoms with Crippen LogP contribution in [0.3, 0.4) is 0 Å². The maximum Gasteiger partial charge on any atom is 0.322 e. The second-order valence-electron chi connectivity index (χ2n) is 6.92. The highest BCUT2D eigenvalue weighted by Gasteiger charge is 2.25. The highest BCUT2D eigenvalue weighted by atomic mass is 16.5. The van der Waals surface area contributed by atoms with Gasteiger partial charge in [-0.3, -0.25) is 0 Å². The van der Waals surface area contributed by atoms with Crippen LogP contribution >= 0.6 is 0 Å². The summed E-state index contributed by atoms with van der Waals surface area (Å²) in [6.45, 7) is 11.8. The molecule has 1 aliphatic rings. The molecule has 2 atom stereocenters. The van der Waals surface area contributed by atoms with Gasteiger partial charge in [-0.15, -0.1) is 0 Å². The molecule has 1 heterocycles.